The van der Waals surface area contributed by atoms with Gasteiger partial charge < -0.3 is 8.98 Å². The number of nitrogens with zero attached hydrogens (tertiary/aromatic N) is 4. The molecule has 0 N–H and O–H groups in total. The average molecular weight is 344 g/mol. The third-order valence-corrected chi connectivity index (χ3v) is 5.49. The Morgan fingerprint density at radius 3 is 3.09 bits per heavy atom. The summed E-state index contributed by atoms with van der Waals surface area (Å²) in [5, 5.41) is 11.6. The third-order valence-electron chi connectivity index (χ3n) is 3.63. The first kappa shape index (κ1) is 14.7. The molecule has 118 valence electrons. The minimum Gasteiger partial charge on any atom is -0.444 e. The average Bonchev–Trinajstić information content (AvgIpc) is 2.97. The van der Waals surface area contributed by atoms with Crippen LogP contribution in [0.25, 0.3) is 10.8 Å². The highest BCUT2D eigenvalue weighted by Crippen LogP contribution is 2.40. The summed E-state index contributed by atoms with van der Waals surface area (Å²) < 4.78 is 7.72. The molecule has 0 aliphatic heterocycles. The standard InChI is InChI=1S/C16H16N4OS2/c1-2-7-20-14(11-5-6-11)18-19-16(20)23-10-12-9-21-15(17-12)13-4-3-8-22-13/h2-4,8-9,11H,1,5-7,10H2. The van der Waals surface area contributed by atoms with Crippen LogP contribution in [0.2, 0.25) is 0 Å². The molecule has 0 atom stereocenters. The van der Waals surface area contributed by atoms with E-state index in [1.54, 1.807) is 29.4 Å². The molecule has 0 unspecified atom stereocenters. The van der Waals surface area contributed by atoms with E-state index in [1.807, 2.05) is 23.6 Å². The molecule has 3 aromatic rings. The number of thiophene rings is 1. The van der Waals surface area contributed by atoms with E-state index in [9.17, 15) is 0 Å². The van der Waals surface area contributed by atoms with Gasteiger partial charge in [-0.2, -0.15) is 0 Å². The van der Waals surface area contributed by atoms with Crippen molar-refractivity contribution in [2.75, 3.05) is 0 Å². The van der Waals surface area contributed by atoms with E-state index < -0.39 is 0 Å². The number of hydrogen-bond acceptors (Lipinski definition) is 6. The van der Waals surface area contributed by atoms with E-state index in [4.69, 9.17) is 4.42 Å². The molecule has 1 aliphatic rings. The molecule has 3 heterocycles. The lowest BCUT2D eigenvalue weighted by Gasteiger charge is -2.05. The van der Waals surface area contributed by atoms with Crippen molar-refractivity contribution in [1.82, 2.24) is 19.7 Å². The molecule has 1 saturated carbocycles. The molecule has 7 heteroatoms. The Morgan fingerprint density at radius 2 is 2.35 bits per heavy atom. The Morgan fingerprint density at radius 1 is 1.43 bits per heavy atom. The van der Waals surface area contributed by atoms with Crippen LogP contribution in [0.5, 0.6) is 0 Å². The number of rotatable bonds is 7. The van der Waals surface area contributed by atoms with Gasteiger partial charge in [0.05, 0.1) is 10.6 Å². The topological polar surface area (TPSA) is 56.7 Å². The third kappa shape index (κ3) is 3.11. The second kappa shape index (κ2) is 6.33. The number of allylic oxidation sites excluding steroid dienone is 1. The molecule has 0 bridgehead atoms. The maximum atomic E-state index is 5.56. The lowest BCUT2D eigenvalue weighted by Crippen LogP contribution is -2.02. The maximum Gasteiger partial charge on any atom is 0.236 e. The van der Waals surface area contributed by atoms with Crippen molar-refractivity contribution in [2.24, 2.45) is 0 Å². The predicted octanol–water partition coefficient (Wildman–Crippen LogP) is 4.35. The molecule has 0 amide bonds. The maximum absolute atomic E-state index is 5.56. The van der Waals surface area contributed by atoms with Gasteiger partial charge in [-0.1, -0.05) is 23.9 Å². The van der Waals surface area contributed by atoms with Crippen molar-refractivity contribution < 1.29 is 4.42 Å². The van der Waals surface area contributed by atoms with Crippen LogP contribution in [0.1, 0.15) is 30.3 Å². The normalized spacial score (nSPS) is 14.3. The summed E-state index contributed by atoms with van der Waals surface area (Å²) in [7, 11) is 0. The monoisotopic (exact) mass is 344 g/mol. The minimum atomic E-state index is 0.578. The quantitative estimate of drug-likeness (QED) is 0.471. The second-order valence-electron chi connectivity index (χ2n) is 5.42. The van der Waals surface area contributed by atoms with Gasteiger partial charge in [0.25, 0.3) is 0 Å². The number of hydrogen-bond donors (Lipinski definition) is 0. The molecule has 0 spiro atoms. The van der Waals surface area contributed by atoms with E-state index in [-0.39, 0.29) is 0 Å². The van der Waals surface area contributed by atoms with E-state index in [0.717, 1.165) is 33.8 Å². The van der Waals surface area contributed by atoms with Gasteiger partial charge in [0.2, 0.25) is 5.89 Å². The number of aromatic nitrogens is 4. The number of oxazole rings is 1. The van der Waals surface area contributed by atoms with Gasteiger partial charge in [-0.25, -0.2) is 4.98 Å². The molecular weight excluding hydrogens is 328 g/mol. The Kier molecular flexibility index (Phi) is 4.05. The highest BCUT2D eigenvalue weighted by atomic mass is 32.2. The van der Waals surface area contributed by atoms with Gasteiger partial charge in [-0.15, -0.1) is 28.1 Å². The van der Waals surface area contributed by atoms with Crippen molar-refractivity contribution in [2.45, 2.75) is 36.2 Å². The van der Waals surface area contributed by atoms with E-state index >= 15 is 0 Å². The Bertz CT molecular complexity index is 802. The zero-order chi connectivity index (χ0) is 15.6. The van der Waals surface area contributed by atoms with Gasteiger partial charge in [0.1, 0.15) is 12.1 Å². The van der Waals surface area contributed by atoms with E-state index in [0.29, 0.717) is 11.8 Å². The zero-order valence-electron chi connectivity index (χ0n) is 12.5. The first-order valence-electron chi connectivity index (χ1n) is 7.50. The summed E-state index contributed by atoms with van der Waals surface area (Å²) in [6.07, 6.45) is 6.04. The Balaban J connectivity index is 1.47. The van der Waals surface area contributed by atoms with Crippen molar-refractivity contribution in [3.8, 4) is 10.8 Å². The highest BCUT2D eigenvalue weighted by Gasteiger charge is 2.30. The molecule has 1 aliphatic carbocycles. The fraction of sp³-hybridized carbons (Fsp3) is 0.312. The summed E-state index contributed by atoms with van der Waals surface area (Å²) in [4.78, 5) is 5.59. The Labute approximate surface area is 142 Å². The van der Waals surface area contributed by atoms with Crippen molar-refractivity contribution in [3.05, 3.63) is 47.9 Å². The summed E-state index contributed by atoms with van der Waals surface area (Å²) in [6.45, 7) is 4.59. The lowest BCUT2D eigenvalue weighted by molar-refractivity contribution is 0.575. The van der Waals surface area contributed by atoms with Crippen LogP contribution in [0, 0.1) is 0 Å². The van der Waals surface area contributed by atoms with Gasteiger partial charge in [-0.3, -0.25) is 0 Å². The van der Waals surface area contributed by atoms with Crippen molar-refractivity contribution in [3.63, 3.8) is 0 Å². The molecule has 23 heavy (non-hydrogen) atoms. The molecule has 0 aromatic carbocycles. The summed E-state index contributed by atoms with van der Waals surface area (Å²) in [6, 6.07) is 4.01. The summed E-state index contributed by atoms with van der Waals surface area (Å²) in [5.41, 5.74) is 0.916. The van der Waals surface area contributed by atoms with Crippen LogP contribution >= 0.6 is 23.1 Å². The molecule has 0 radical (unpaired) electrons. The smallest absolute Gasteiger partial charge is 0.236 e. The molecule has 0 saturated heterocycles. The van der Waals surface area contributed by atoms with Crippen LogP contribution in [0.15, 0.2) is 46.0 Å². The van der Waals surface area contributed by atoms with Crippen LogP contribution in [-0.4, -0.2) is 19.7 Å². The van der Waals surface area contributed by atoms with Crippen LogP contribution in [-0.2, 0) is 12.3 Å². The Hall–Kier alpha value is -1.86. The van der Waals surface area contributed by atoms with Crippen LogP contribution in [0.4, 0.5) is 0 Å². The first-order valence-corrected chi connectivity index (χ1v) is 9.36. The van der Waals surface area contributed by atoms with Gasteiger partial charge in [0, 0.05) is 18.2 Å². The van der Waals surface area contributed by atoms with E-state index in [2.05, 4.69) is 26.3 Å². The highest BCUT2D eigenvalue weighted by molar-refractivity contribution is 7.98. The fourth-order valence-corrected chi connectivity index (χ4v) is 3.86. The second-order valence-corrected chi connectivity index (χ2v) is 7.31. The van der Waals surface area contributed by atoms with E-state index in [1.165, 1.54) is 12.8 Å². The first-order chi connectivity index (χ1) is 11.3. The van der Waals surface area contributed by atoms with Crippen LogP contribution < -0.4 is 0 Å². The van der Waals surface area contributed by atoms with Gasteiger partial charge >= 0.3 is 0 Å². The van der Waals surface area contributed by atoms with Crippen LogP contribution in [0.3, 0.4) is 0 Å². The van der Waals surface area contributed by atoms with Crippen molar-refractivity contribution >= 4 is 23.1 Å². The van der Waals surface area contributed by atoms with Gasteiger partial charge in [0.15, 0.2) is 5.16 Å². The predicted molar refractivity (Wildman–Crippen MR) is 91.6 cm³/mol. The molecule has 5 nitrogen and oxygen atoms in total. The zero-order valence-corrected chi connectivity index (χ0v) is 14.1. The lowest BCUT2D eigenvalue weighted by atomic mass is 10.4. The molecule has 1 fully saturated rings. The summed E-state index contributed by atoms with van der Waals surface area (Å²) in [5.74, 6) is 3.07. The number of thioether (sulfide) groups is 1. The fourth-order valence-electron chi connectivity index (χ4n) is 2.38. The largest absolute Gasteiger partial charge is 0.444 e. The minimum absolute atomic E-state index is 0.578. The van der Waals surface area contributed by atoms with Gasteiger partial charge in [-0.05, 0) is 24.3 Å². The molecule has 3 aromatic heterocycles. The van der Waals surface area contributed by atoms with Crippen molar-refractivity contribution in [1.29, 1.82) is 0 Å². The molecule has 4 rings (SSSR count). The SMILES string of the molecule is C=CCn1c(SCc2coc(-c3cccs3)n2)nnc1C1CC1. The summed E-state index contributed by atoms with van der Waals surface area (Å²) >= 11 is 3.26. The molecular formula is C16H16N4OS2.